The van der Waals surface area contributed by atoms with Gasteiger partial charge in [0.05, 0.1) is 12.7 Å². The van der Waals surface area contributed by atoms with Crippen molar-refractivity contribution in [2.75, 3.05) is 19.6 Å². The quantitative estimate of drug-likeness (QED) is 0.731. The number of nitrogens with one attached hydrogen (secondary N) is 2. The van der Waals surface area contributed by atoms with Crippen molar-refractivity contribution >= 4 is 11.0 Å². The predicted molar refractivity (Wildman–Crippen MR) is 91.5 cm³/mol. The minimum Gasteiger partial charge on any atom is -0.314 e. The van der Waals surface area contributed by atoms with Gasteiger partial charge in [0.2, 0.25) is 0 Å². The van der Waals surface area contributed by atoms with Gasteiger partial charge in [-0.15, -0.1) is 0 Å². The third kappa shape index (κ3) is 3.11. The van der Waals surface area contributed by atoms with Crippen LogP contribution in [0.1, 0.15) is 17.4 Å². The topological polar surface area (TPSA) is 78.8 Å². The van der Waals surface area contributed by atoms with E-state index in [1.54, 1.807) is 11.7 Å². The molecule has 0 saturated carbocycles. The van der Waals surface area contributed by atoms with Gasteiger partial charge in [-0.25, -0.2) is 13.8 Å². The van der Waals surface area contributed by atoms with E-state index in [1.807, 2.05) is 4.90 Å². The van der Waals surface area contributed by atoms with E-state index in [9.17, 15) is 13.6 Å². The second-order valence-electron chi connectivity index (χ2n) is 6.41. The standard InChI is InChI=1S/C17H18F2N6O/c1-24-16-13(7-21-24)17(26)23-15(22-16)9-25-3-2-20-8-14(25)10-4-11(18)6-12(19)5-10/h4-7,14,20H,2-3,8-9H2,1H3,(H,22,23,26). The summed E-state index contributed by atoms with van der Waals surface area (Å²) < 4.78 is 28.8. The van der Waals surface area contributed by atoms with E-state index in [2.05, 4.69) is 20.4 Å². The van der Waals surface area contributed by atoms with Crippen LogP contribution in [0.25, 0.3) is 11.0 Å². The maximum absolute atomic E-state index is 13.6. The fourth-order valence-corrected chi connectivity index (χ4v) is 3.38. The molecule has 0 spiro atoms. The number of fused-ring (bicyclic) bond motifs is 1. The highest BCUT2D eigenvalue weighted by Gasteiger charge is 2.25. The van der Waals surface area contributed by atoms with Crippen LogP contribution in [-0.4, -0.2) is 44.3 Å². The number of piperazine rings is 1. The monoisotopic (exact) mass is 360 g/mol. The SMILES string of the molecule is Cn1ncc2c(=O)[nH]c(CN3CCNCC3c3cc(F)cc(F)c3)nc21. The number of hydrogen-bond donors (Lipinski definition) is 2. The lowest BCUT2D eigenvalue weighted by Gasteiger charge is -2.36. The van der Waals surface area contributed by atoms with E-state index in [0.717, 1.165) is 12.6 Å². The smallest absolute Gasteiger partial charge is 0.262 e. The first-order valence-corrected chi connectivity index (χ1v) is 8.33. The molecule has 1 aliphatic rings. The second-order valence-corrected chi connectivity index (χ2v) is 6.41. The molecule has 9 heteroatoms. The summed E-state index contributed by atoms with van der Waals surface area (Å²) in [5.41, 5.74) is 0.812. The number of rotatable bonds is 3. The first kappa shape index (κ1) is 16.8. The molecule has 2 aromatic heterocycles. The van der Waals surface area contributed by atoms with Crippen molar-refractivity contribution < 1.29 is 8.78 Å². The maximum atomic E-state index is 13.6. The van der Waals surface area contributed by atoms with Gasteiger partial charge in [0.25, 0.3) is 5.56 Å². The molecule has 0 bridgehead atoms. The molecule has 0 radical (unpaired) electrons. The maximum Gasteiger partial charge on any atom is 0.262 e. The summed E-state index contributed by atoms with van der Waals surface area (Å²) in [5, 5.41) is 7.73. The van der Waals surface area contributed by atoms with Crippen molar-refractivity contribution in [2.24, 2.45) is 7.05 Å². The molecule has 0 amide bonds. The van der Waals surface area contributed by atoms with Gasteiger partial charge < -0.3 is 10.3 Å². The lowest BCUT2D eigenvalue weighted by Crippen LogP contribution is -2.46. The second kappa shape index (κ2) is 6.58. The minimum absolute atomic E-state index is 0.221. The van der Waals surface area contributed by atoms with Crippen molar-refractivity contribution in [3.63, 3.8) is 0 Å². The molecule has 1 aromatic carbocycles. The number of aromatic amines is 1. The van der Waals surface area contributed by atoms with Gasteiger partial charge in [-0.3, -0.25) is 14.4 Å². The van der Waals surface area contributed by atoms with Crippen molar-refractivity contribution in [3.05, 3.63) is 57.8 Å². The fourth-order valence-electron chi connectivity index (χ4n) is 3.38. The number of nitrogens with zero attached hydrogens (tertiary/aromatic N) is 4. The Morgan fingerprint density at radius 3 is 2.81 bits per heavy atom. The number of aromatic nitrogens is 4. The highest BCUT2D eigenvalue weighted by atomic mass is 19.1. The van der Waals surface area contributed by atoms with E-state index in [0.29, 0.717) is 42.1 Å². The molecular formula is C17H18F2N6O. The fraction of sp³-hybridized carbons (Fsp3) is 0.353. The molecule has 2 N–H and O–H groups in total. The van der Waals surface area contributed by atoms with E-state index in [1.165, 1.54) is 18.3 Å². The van der Waals surface area contributed by atoms with Gasteiger partial charge in [0.15, 0.2) is 5.65 Å². The van der Waals surface area contributed by atoms with Gasteiger partial charge in [-0.2, -0.15) is 5.10 Å². The number of aryl methyl sites for hydroxylation is 1. The van der Waals surface area contributed by atoms with Crippen LogP contribution in [-0.2, 0) is 13.6 Å². The zero-order chi connectivity index (χ0) is 18.3. The summed E-state index contributed by atoms with van der Waals surface area (Å²) in [5.74, 6) is -0.711. The van der Waals surface area contributed by atoms with Crippen LogP contribution in [0.3, 0.4) is 0 Å². The molecule has 0 aliphatic carbocycles. The zero-order valence-electron chi connectivity index (χ0n) is 14.2. The van der Waals surface area contributed by atoms with Gasteiger partial charge in [-0.05, 0) is 17.7 Å². The van der Waals surface area contributed by atoms with Crippen LogP contribution in [0.5, 0.6) is 0 Å². The van der Waals surface area contributed by atoms with E-state index in [4.69, 9.17) is 0 Å². The largest absolute Gasteiger partial charge is 0.314 e. The molecule has 1 atom stereocenters. The summed E-state index contributed by atoms with van der Waals surface area (Å²) in [6.45, 7) is 2.32. The van der Waals surface area contributed by atoms with Crippen LogP contribution >= 0.6 is 0 Å². The Labute approximate surface area is 147 Å². The van der Waals surface area contributed by atoms with Gasteiger partial charge in [0.1, 0.15) is 22.8 Å². The summed E-state index contributed by atoms with van der Waals surface area (Å²) in [6.07, 6.45) is 1.48. The minimum atomic E-state index is -0.603. The first-order chi connectivity index (χ1) is 12.5. The van der Waals surface area contributed by atoms with Gasteiger partial charge in [0, 0.05) is 38.8 Å². The molecule has 26 heavy (non-hydrogen) atoms. The molecule has 3 aromatic rings. The summed E-state index contributed by atoms with van der Waals surface area (Å²) in [7, 11) is 1.72. The van der Waals surface area contributed by atoms with Crippen LogP contribution in [0.15, 0.2) is 29.2 Å². The summed E-state index contributed by atoms with van der Waals surface area (Å²) in [6, 6.07) is 3.32. The van der Waals surface area contributed by atoms with E-state index in [-0.39, 0.29) is 11.6 Å². The van der Waals surface area contributed by atoms with Crippen molar-refractivity contribution in [1.29, 1.82) is 0 Å². The highest BCUT2D eigenvalue weighted by molar-refractivity contribution is 5.72. The van der Waals surface area contributed by atoms with E-state index < -0.39 is 11.6 Å². The predicted octanol–water partition coefficient (Wildman–Crippen LogP) is 1.08. The normalized spacial score (nSPS) is 18.5. The van der Waals surface area contributed by atoms with Gasteiger partial charge >= 0.3 is 0 Å². The molecule has 1 aliphatic heterocycles. The Hall–Kier alpha value is -2.65. The molecule has 1 unspecified atom stereocenters. The average Bonchev–Trinajstić information content (AvgIpc) is 2.96. The summed E-state index contributed by atoms with van der Waals surface area (Å²) in [4.78, 5) is 21.5. The molecule has 136 valence electrons. The first-order valence-electron chi connectivity index (χ1n) is 8.33. The Bertz CT molecular complexity index is 994. The molecule has 4 rings (SSSR count). The highest BCUT2D eigenvalue weighted by Crippen LogP contribution is 2.25. The summed E-state index contributed by atoms with van der Waals surface area (Å²) >= 11 is 0. The Morgan fingerprint density at radius 2 is 2.04 bits per heavy atom. The number of benzene rings is 1. The molecule has 3 heterocycles. The molecule has 1 saturated heterocycles. The van der Waals surface area contributed by atoms with Crippen molar-refractivity contribution in [3.8, 4) is 0 Å². The van der Waals surface area contributed by atoms with Gasteiger partial charge in [-0.1, -0.05) is 0 Å². The third-order valence-corrected chi connectivity index (χ3v) is 4.63. The molecule has 1 fully saturated rings. The number of H-pyrrole nitrogens is 1. The van der Waals surface area contributed by atoms with Crippen LogP contribution < -0.4 is 10.9 Å². The van der Waals surface area contributed by atoms with Crippen LogP contribution in [0, 0.1) is 11.6 Å². The van der Waals surface area contributed by atoms with Crippen molar-refractivity contribution in [2.45, 2.75) is 12.6 Å². The van der Waals surface area contributed by atoms with Crippen molar-refractivity contribution in [1.82, 2.24) is 30.0 Å². The number of halogens is 2. The Morgan fingerprint density at radius 1 is 1.27 bits per heavy atom. The lowest BCUT2D eigenvalue weighted by molar-refractivity contribution is 0.149. The molecule has 7 nitrogen and oxygen atoms in total. The van der Waals surface area contributed by atoms with Crippen LogP contribution in [0.4, 0.5) is 8.78 Å². The number of hydrogen-bond acceptors (Lipinski definition) is 5. The zero-order valence-corrected chi connectivity index (χ0v) is 14.2. The Kier molecular flexibility index (Phi) is 4.25. The molecular weight excluding hydrogens is 342 g/mol. The lowest BCUT2D eigenvalue weighted by atomic mass is 10.0. The van der Waals surface area contributed by atoms with E-state index >= 15 is 0 Å². The third-order valence-electron chi connectivity index (χ3n) is 4.63. The van der Waals surface area contributed by atoms with Crippen LogP contribution in [0.2, 0.25) is 0 Å². The average molecular weight is 360 g/mol. The Balaban J connectivity index is 1.67.